The first kappa shape index (κ1) is 45.0. The van der Waals surface area contributed by atoms with E-state index in [2.05, 4.69) is 211 Å². The van der Waals surface area contributed by atoms with E-state index in [4.69, 9.17) is 0 Å². The molecule has 0 fully saturated rings. The van der Waals surface area contributed by atoms with Crippen molar-refractivity contribution in [3.05, 3.63) is 127 Å². The molecule has 0 aromatic heterocycles. The van der Waals surface area contributed by atoms with E-state index in [0.717, 1.165) is 0 Å². The monoisotopic (exact) mass is 867 g/mol. The van der Waals surface area contributed by atoms with Gasteiger partial charge in [0.25, 0.3) is 0 Å². The van der Waals surface area contributed by atoms with Crippen LogP contribution < -0.4 is 0 Å². The molecule has 0 spiro atoms. The van der Waals surface area contributed by atoms with Gasteiger partial charge in [-0.15, -0.1) is 0 Å². The molecule has 4 aromatic carbocycles. The molecule has 0 bridgehead atoms. The van der Waals surface area contributed by atoms with Gasteiger partial charge in [0.1, 0.15) is 0 Å². The molecule has 0 saturated carbocycles. The van der Waals surface area contributed by atoms with E-state index in [0.29, 0.717) is 19.1 Å². The fraction of sp³-hybridized carbons (Fsp3) is 0.500. The SMILES string of the molecule is CC1=Cc2c(-c3cc(C(C)(C)C)cc(C(C)(C)C)c3)cc(C(C)C)cc2[CH]1[Zr]([CH]1C(C)=Cc2c(-c3cc(C(C)(C)C)cc(C(C)(C)C)c3)cc(C(C)C)cc21)[SiH](C)C. The number of benzene rings is 4. The van der Waals surface area contributed by atoms with Crippen molar-refractivity contribution in [2.24, 2.45) is 0 Å². The molecule has 0 saturated heterocycles. The van der Waals surface area contributed by atoms with E-state index >= 15 is 0 Å². The van der Waals surface area contributed by atoms with Crippen molar-refractivity contribution in [2.75, 3.05) is 0 Å². The summed E-state index contributed by atoms with van der Waals surface area (Å²) < 4.78 is 1.19. The molecular formula is C56H77SiZr. The Morgan fingerprint density at radius 1 is 0.448 bits per heavy atom. The van der Waals surface area contributed by atoms with E-state index in [1.807, 2.05) is 0 Å². The molecule has 0 aliphatic heterocycles. The zero-order chi connectivity index (χ0) is 43.2. The summed E-state index contributed by atoms with van der Waals surface area (Å²) in [5.41, 5.74) is 24.3. The van der Waals surface area contributed by atoms with E-state index in [1.165, 1.54) is 66.8 Å². The zero-order valence-corrected chi connectivity index (χ0v) is 43.9. The van der Waals surface area contributed by atoms with Crippen LogP contribution in [0.15, 0.2) is 71.8 Å². The van der Waals surface area contributed by atoms with E-state index in [9.17, 15) is 0 Å². The van der Waals surface area contributed by atoms with Crippen molar-refractivity contribution in [3.8, 4) is 22.3 Å². The quantitative estimate of drug-likeness (QED) is 0.162. The predicted octanol–water partition coefficient (Wildman–Crippen LogP) is 16.7. The van der Waals surface area contributed by atoms with Gasteiger partial charge in [0.05, 0.1) is 0 Å². The summed E-state index contributed by atoms with van der Waals surface area (Å²) in [5, 5.41) is 0. The average molecular weight is 870 g/mol. The molecule has 2 atom stereocenters. The molecule has 4 aromatic rings. The zero-order valence-electron chi connectivity index (χ0n) is 40.3. The van der Waals surface area contributed by atoms with Gasteiger partial charge in [-0.3, -0.25) is 0 Å². The Morgan fingerprint density at radius 3 is 0.983 bits per heavy atom. The maximum atomic E-state index is 2.72. The molecule has 2 aliphatic carbocycles. The molecule has 6 rings (SSSR count). The van der Waals surface area contributed by atoms with Crippen LogP contribution in [0.25, 0.3) is 34.4 Å². The Bertz CT molecular complexity index is 2060. The van der Waals surface area contributed by atoms with Crippen molar-refractivity contribution in [1.82, 2.24) is 0 Å². The minimum atomic E-state index is -2.33. The van der Waals surface area contributed by atoms with Crippen molar-refractivity contribution in [3.63, 3.8) is 0 Å². The summed E-state index contributed by atoms with van der Waals surface area (Å²) in [7, 11) is 0. The number of hydrogen-bond acceptors (Lipinski definition) is 0. The summed E-state index contributed by atoms with van der Waals surface area (Å²) in [5.74, 6) is -0.122. The second-order valence-corrected chi connectivity index (χ2v) is 43.4. The number of rotatable bonds is 7. The van der Waals surface area contributed by atoms with Crippen molar-refractivity contribution in [2.45, 2.75) is 178 Å². The fourth-order valence-electron chi connectivity index (χ4n) is 9.47. The van der Waals surface area contributed by atoms with Crippen LogP contribution in [0.5, 0.6) is 0 Å². The van der Waals surface area contributed by atoms with Gasteiger partial charge < -0.3 is 0 Å². The van der Waals surface area contributed by atoms with Crippen LogP contribution in [0, 0.1) is 0 Å². The molecule has 0 nitrogen and oxygen atoms in total. The van der Waals surface area contributed by atoms with Crippen LogP contribution in [0.3, 0.4) is 0 Å². The number of hydrogen-bond donors (Lipinski definition) is 0. The van der Waals surface area contributed by atoms with E-state index in [-0.39, 0.29) is 21.7 Å². The van der Waals surface area contributed by atoms with Gasteiger partial charge in [-0.2, -0.15) is 0 Å². The standard InChI is InChI=1S/2C27H35.C2H7Si.Zr/c2*1-17(2)19-12-20-10-18(3)11-24(20)25(15-19)21-13-22(26(4,5)6)16-23(14-21)27(7,8)9;1-3-2;/h2*10-17H,1-9H3;3H,1-2H3;. The molecule has 0 heterocycles. The van der Waals surface area contributed by atoms with Crippen molar-refractivity contribution >= 4 is 18.1 Å². The normalized spacial score (nSPS) is 17.3. The molecule has 0 radical (unpaired) electrons. The molecule has 2 aliphatic rings. The summed E-state index contributed by atoms with van der Waals surface area (Å²) in [6.45, 7) is 48.5. The van der Waals surface area contributed by atoms with Gasteiger partial charge in [0, 0.05) is 0 Å². The second-order valence-electron chi connectivity index (χ2n) is 23.3. The van der Waals surface area contributed by atoms with Crippen LogP contribution in [-0.2, 0) is 42.6 Å². The molecule has 309 valence electrons. The van der Waals surface area contributed by atoms with Gasteiger partial charge in [0.2, 0.25) is 0 Å². The molecule has 2 unspecified atom stereocenters. The Balaban J connectivity index is 1.59. The van der Waals surface area contributed by atoms with Gasteiger partial charge in [0.15, 0.2) is 0 Å². The summed E-state index contributed by atoms with van der Waals surface area (Å²) in [6, 6.07) is 25.5. The first-order valence-corrected chi connectivity index (χ1v) is 32.5. The first-order valence-electron chi connectivity index (χ1n) is 22.5. The van der Waals surface area contributed by atoms with E-state index in [1.54, 1.807) is 22.3 Å². The summed E-state index contributed by atoms with van der Waals surface area (Å²) in [6.07, 6.45) is 5.29. The molecule has 0 amide bonds. The molecular weight excluding hydrogens is 792 g/mol. The van der Waals surface area contributed by atoms with Crippen LogP contribution >= 0.6 is 0 Å². The molecule has 0 N–H and O–H groups in total. The Morgan fingerprint density at radius 2 is 0.741 bits per heavy atom. The van der Waals surface area contributed by atoms with Gasteiger partial charge >= 0.3 is 367 Å². The molecule has 58 heavy (non-hydrogen) atoms. The topological polar surface area (TPSA) is 0 Å². The van der Waals surface area contributed by atoms with Crippen molar-refractivity contribution < 1.29 is 20.9 Å². The average Bonchev–Trinajstić information content (AvgIpc) is 3.60. The third-order valence-electron chi connectivity index (χ3n) is 13.4. The van der Waals surface area contributed by atoms with E-state index < -0.39 is 26.8 Å². The molecule has 2 heteroatoms. The minimum absolute atomic E-state index is 0.0725. The Labute approximate surface area is 364 Å². The third kappa shape index (κ3) is 8.78. The second kappa shape index (κ2) is 15.7. The predicted molar refractivity (Wildman–Crippen MR) is 258 cm³/mol. The summed E-state index contributed by atoms with van der Waals surface area (Å²) in [4.78, 5) is 0. The van der Waals surface area contributed by atoms with Gasteiger partial charge in [-0.1, -0.05) is 0 Å². The van der Waals surface area contributed by atoms with Crippen LogP contribution in [0.2, 0.25) is 13.1 Å². The maximum absolute atomic E-state index is 2.72. The van der Waals surface area contributed by atoms with Crippen LogP contribution in [0.4, 0.5) is 0 Å². The fourth-order valence-corrected chi connectivity index (χ4v) is 32.6. The Hall–Kier alpha value is -2.54. The summed E-state index contributed by atoms with van der Waals surface area (Å²) >= 11 is -2.33. The van der Waals surface area contributed by atoms with Gasteiger partial charge in [-0.25, -0.2) is 0 Å². The van der Waals surface area contributed by atoms with Crippen LogP contribution in [0.1, 0.15) is 199 Å². The number of fused-ring (bicyclic) bond motifs is 2. The van der Waals surface area contributed by atoms with Crippen molar-refractivity contribution in [1.29, 1.82) is 0 Å². The first-order chi connectivity index (χ1) is 26.6. The number of allylic oxidation sites excluding steroid dienone is 2. The Kier molecular flexibility index (Phi) is 12.2. The van der Waals surface area contributed by atoms with Crippen LogP contribution in [-0.4, -0.2) is 5.92 Å². The van der Waals surface area contributed by atoms with Gasteiger partial charge in [-0.05, 0) is 0 Å². The third-order valence-corrected chi connectivity index (χ3v) is 35.5.